The molecule has 15 heavy (non-hydrogen) atoms. The highest BCUT2D eigenvalue weighted by molar-refractivity contribution is 5.62. The van der Waals surface area contributed by atoms with Crippen LogP contribution in [0.2, 0.25) is 0 Å². The number of aromatic hydroxyl groups is 1. The third-order valence-corrected chi connectivity index (χ3v) is 2.35. The first-order valence-corrected chi connectivity index (χ1v) is 4.77. The zero-order chi connectivity index (χ0) is 10.8. The predicted molar refractivity (Wildman–Crippen MR) is 58.6 cm³/mol. The van der Waals surface area contributed by atoms with E-state index in [1.54, 1.807) is 12.3 Å². The first kappa shape index (κ1) is 9.65. The van der Waals surface area contributed by atoms with Crippen molar-refractivity contribution in [3.05, 3.63) is 41.7 Å². The summed E-state index contributed by atoms with van der Waals surface area (Å²) in [5.74, 6) is 0.178. The molecule has 0 aliphatic carbocycles. The van der Waals surface area contributed by atoms with Gasteiger partial charge in [-0.15, -0.1) is 0 Å². The van der Waals surface area contributed by atoms with Gasteiger partial charge in [0.2, 0.25) is 0 Å². The Bertz CT molecular complexity index is 480. The van der Waals surface area contributed by atoms with Crippen LogP contribution < -0.4 is 0 Å². The van der Waals surface area contributed by atoms with Crippen molar-refractivity contribution in [1.82, 2.24) is 9.97 Å². The molecule has 1 N–H and O–H groups in total. The van der Waals surface area contributed by atoms with Gasteiger partial charge < -0.3 is 5.11 Å². The van der Waals surface area contributed by atoms with Crippen molar-refractivity contribution in [3.8, 4) is 17.1 Å². The second-order valence-electron chi connectivity index (χ2n) is 3.47. The summed E-state index contributed by atoms with van der Waals surface area (Å²) in [5.41, 5.74) is 3.12. The van der Waals surface area contributed by atoms with Crippen LogP contribution in [0.3, 0.4) is 0 Å². The average Bonchev–Trinajstić information content (AvgIpc) is 2.25. The maximum atomic E-state index is 9.77. The topological polar surface area (TPSA) is 46.0 Å². The summed E-state index contributed by atoms with van der Waals surface area (Å²) in [6, 6.07) is 7.25. The van der Waals surface area contributed by atoms with Crippen molar-refractivity contribution in [2.45, 2.75) is 13.8 Å². The summed E-state index contributed by atoms with van der Waals surface area (Å²) in [6.45, 7) is 3.84. The molecule has 2 aromatic heterocycles. The molecule has 0 fully saturated rings. The highest BCUT2D eigenvalue weighted by Crippen LogP contribution is 2.26. The molecule has 0 aliphatic rings. The van der Waals surface area contributed by atoms with Gasteiger partial charge in [0.05, 0.1) is 5.69 Å². The van der Waals surface area contributed by atoms with E-state index in [-0.39, 0.29) is 5.75 Å². The molecule has 0 spiro atoms. The summed E-state index contributed by atoms with van der Waals surface area (Å²) in [4.78, 5) is 8.49. The van der Waals surface area contributed by atoms with Crippen molar-refractivity contribution < 1.29 is 5.11 Å². The van der Waals surface area contributed by atoms with Gasteiger partial charge >= 0.3 is 0 Å². The van der Waals surface area contributed by atoms with E-state index in [0.717, 1.165) is 11.3 Å². The molecule has 0 bridgehead atoms. The van der Waals surface area contributed by atoms with Crippen LogP contribution in [-0.4, -0.2) is 15.1 Å². The minimum Gasteiger partial charge on any atom is -0.506 e. The van der Waals surface area contributed by atoms with Crippen LogP contribution in [0.25, 0.3) is 11.4 Å². The van der Waals surface area contributed by atoms with Crippen LogP contribution in [0.1, 0.15) is 11.3 Å². The molecular formula is C12H12N2O. The Morgan fingerprint density at radius 2 is 2.00 bits per heavy atom. The number of hydrogen-bond acceptors (Lipinski definition) is 3. The van der Waals surface area contributed by atoms with E-state index in [1.165, 1.54) is 0 Å². The summed E-state index contributed by atoms with van der Waals surface area (Å²) in [7, 11) is 0. The second kappa shape index (κ2) is 3.69. The minimum absolute atomic E-state index is 0.178. The second-order valence-corrected chi connectivity index (χ2v) is 3.47. The molecule has 0 radical (unpaired) electrons. The number of aromatic nitrogens is 2. The monoisotopic (exact) mass is 200 g/mol. The van der Waals surface area contributed by atoms with Crippen molar-refractivity contribution >= 4 is 0 Å². The van der Waals surface area contributed by atoms with Gasteiger partial charge in [0.25, 0.3) is 0 Å². The van der Waals surface area contributed by atoms with Gasteiger partial charge in [-0.1, -0.05) is 6.07 Å². The number of pyridine rings is 2. The van der Waals surface area contributed by atoms with E-state index in [0.29, 0.717) is 11.4 Å². The van der Waals surface area contributed by atoms with Crippen LogP contribution in [0.4, 0.5) is 0 Å². The van der Waals surface area contributed by atoms with Gasteiger partial charge in [0.1, 0.15) is 11.4 Å². The Kier molecular flexibility index (Phi) is 2.37. The van der Waals surface area contributed by atoms with E-state index in [2.05, 4.69) is 9.97 Å². The summed E-state index contributed by atoms with van der Waals surface area (Å²) < 4.78 is 0. The van der Waals surface area contributed by atoms with Gasteiger partial charge in [-0.25, -0.2) is 4.98 Å². The van der Waals surface area contributed by atoms with Crippen LogP contribution >= 0.6 is 0 Å². The molecule has 2 rings (SSSR count). The van der Waals surface area contributed by atoms with E-state index < -0.39 is 0 Å². The van der Waals surface area contributed by atoms with Crippen LogP contribution in [0.5, 0.6) is 5.75 Å². The molecule has 2 heterocycles. The van der Waals surface area contributed by atoms with Gasteiger partial charge in [-0.3, -0.25) is 4.98 Å². The molecule has 0 atom stereocenters. The normalized spacial score (nSPS) is 10.3. The van der Waals surface area contributed by atoms with E-state index in [9.17, 15) is 5.11 Å². The van der Waals surface area contributed by atoms with Gasteiger partial charge in [-0.2, -0.15) is 0 Å². The third-order valence-electron chi connectivity index (χ3n) is 2.35. The standard InChI is InChI=1S/C12H12N2O/c1-8-7-11(15)12(14-9(8)2)10-5-3-4-6-13-10/h3-7,15H,1-2H3. The molecule has 2 aromatic rings. The first-order valence-electron chi connectivity index (χ1n) is 4.77. The maximum absolute atomic E-state index is 9.77. The minimum atomic E-state index is 0.178. The molecule has 0 saturated carbocycles. The van der Waals surface area contributed by atoms with Gasteiger partial charge in [-0.05, 0) is 37.6 Å². The quantitative estimate of drug-likeness (QED) is 0.769. The number of nitrogens with zero attached hydrogens (tertiary/aromatic N) is 2. The van der Waals surface area contributed by atoms with E-state index in [4.69, 9.17) is 0 Å². The maximum Gasteiger partial charge on any atom is 0.143 e. The first-order chi connectivity index (χ1) is 7.18. The summed E-state index contributed by atoms with van der Waals surface area (Å²) >= 11 is 0. The Morgan fingerprint density at radius 1 is 1.20 bits per heavy atom. The Hall–Kier alpha value is -1.90. The lowest BCUT2D eigenvalue weighted by Crippen LogP contribution is -1.92. The fourth-order valence-electron chi connectivity index (χ4n) is 1.38. The molecular weight excluding hydrogens is 188 g/mol. The lowest BCUT2D eigenvalue weighted by molar-refractivity contribution is 0.474. The molecule has 0 amide bonds. The third kappa shape index (κ3) is 1.81. The predicted octanol–water partition coefficient (Wildman–Crippen LogP) is 2.47. The molecule has 0 aliphatic heterocycles. The van der Waals surface area contributed by atoms with E-state index in [1.807, 2.05) is 32.0 Å². The summed E-state index contributed by atoms with van der Waals surface area (Å²) in [5, 5.41) is 9.77. The number of aryl methyl sites for hydroxylation is 2. The molecule has 3 nitrogen and oxygen atoms in total. The van der Waals surface area contributed by atoms with Gasteiger partial charge in [0.15, 0.2) is 0 Å². The smallest absolute Gasteiger partial charge is 0.143 e. The zero-order valence-electron chi connectivity index (χ0n) is 8.73. The zero-order valence-corrected chi connectivity index (χ0v) is 8.73. The Morgan fingerprint density at radius 3 is 2.67 bits per heavy atom. The van der Waals surface area contributed by atoms with Crippen molar-refractivity contribution in [2.75, 3.05) is 0 Å². The van der Waals surface area contributed by atoms with E-state index >= 15 is 0 Å². The van der Waals surface area contributed by atoms with Gasteiger partial charge in [0, 0.05) is 11.9 Å². The fraction of sp³-hybridized carbons (Fsp3) is 0.167. The fourth-order valence-corrected chi connectivity index (χ4v) is 1.38. The van der Waals surface area contributed by atoms with Crippen LogP contribution in [0.15, 0.2) is 30.5 Å². The largest absolute Gasteiger partial charge is 0.506 e. The molecule has 0 aromatic carbocycles. The molecule has 0 saturated heterocycles. The SMILES string of the molecule is Cc1cc(O)c(-c2ccccn2)nc1C. The molecule has 76 valence electrons. The summed E-state index contributed by atoms with van der Waals surface area (Å²) in [6.07, 6.45) is 1.69. The Labute approximate surface area is 88.5 Å². The van der Waals surface area contributed by atoms with Crippen LogP contribution in [-0.2, 0) is 0 Å². The lowest BCUT2D eigenvalue weighted by Gasteiger charge is -2.06. The van der Waals surface area contributed by atoms with Crippen molar-refractivity contribution in [3.63, 3.8) is 0 Å². The highest BCUT2D eigenvalue weighted by atomic mass is 16.3. The van der Waals surface area contributed by atoms with Crippen molar-refractivity contribution in [1.29, 1.82) is 0 Å². The van der Waals surface area contributed by atoms with Crippen LogP contribution in [0, 0.1) is 13.8 Å². The van der Waals surface area contributed by atoms with Crippen molar-refractivity contribution in [2.24, 2.45) is 0 Å². The highest BCUT2D eigenvalue weighted by Gasteiger charge is 2.08. The number of rotatable bonds is 1. The molecule has 3 heteroatoms. The Balaban J connectivity index is 2.59. The number of hydrogen-bond donors (Lipinski definition) is 1. The lowest BCUT2D eigenvalue weighted by atomic mass is 10.1. The molecule has 0 unspecified atom stereocenters. The average molecular weight is 200 g/mol.